The number of hydrogen-bond donors (Lipinski definition) is 2. The molecule has 27 heavy (non-hydrogen) atoms. The largest absolute Gasteiger partial charge is 0.352 e. The van der Waals surface area contributed by atoms with E-state index in [2.05, 4.69) is 10.6 Å². The standard InChI is InChI=1S/C18H23N3O5S/c1-27(25,26)14-8-3-2-7-13(14)15(22)19-11-6-12-21-16(23)18(20-17(21)24)9-4-5-10-18/h2-3,7-8H,4-6,9-12H2,1H3,(H,19,22)(H,20,24). The Labute approximate surface area is 158 Å². The molecule has 1 heterocycles. The number of benzene rings is 1. The van der Waals surface area contributed by atoms with Crippen LogP contribution in [-0.2, 0) is 14.6 Å². The SMILES string of the molecule is CS(=O)(=O)c1ccccc1C(=O)NCCCN1C(=O)NC2(CCCC2)C1=O. The number of rotatable bonds is 6. The van der Waals surface area contributed by atoms with Gasteiger partial charge in [0.25, 0.3) is 11.8 Å². The van der Waals surface area contributed by atoms with Crippen LogP contribution in [0.1, 0.15) is 42.5 Å². The molecule has 1 saturated carbocycles. The van der Waals surface area contributed by atoms with Crippen LogP contribution >= 0.6 is 0 Å². The van der Waals surface area contributed by atoms with Gasteiger partial charge >= 0.3 is 6.03 Å². The highest BCUT2D eigenvalue weighted by atomic mass is 32.2. The van der Waals surface area contributed by atoms with Crippen LogP contribution < -0.4 is 10.6 Å². The summed E-state index contributed by atoms with van der Waals surface area (Å²) in [4.78, 5) is 38.1. The molecule has 0 radical (unpaired) electrons. The second-order valence-corrected chi connectivity index (χ2v) is 9.04. The van der Waals surface area contributed by atoms with Gasteiger partial charge in [-0.1, -0.05) is 25.0 Å². The van der Waals surface area contributed by atoms with Crippen molar-refractivity contribution in [2.45, 2.75) is 42.5 Å². The lowest BCUT2D eigenvalue weighted by molar-refractivity contribution is -0.131. The molecule has 1 aromatic carbocycles. The lowest BCUT2D eigenvalue weighted by Gasteiger charge is -2.20. The Morgan fingerprint density at radius 1 is 1.22 bits per heavy atom. The second kappa shape index (κ2) is 7.30. The number of carbonyl (C=O) groups is 3. The Morgan fingerprint density at radius 2 is 1.89 bits per heavy atom. The molecule has 1 spiro atoms. The predicted octanol–water partition coefficient (Wildman–Crippen LogP) is 1.07. The summed E-state index contributed by atoms with van der Waals surface area (Å²) in [6, 6.07) is 5.61. The van der Waals surface area contributed by atoms with E-state index in [-0.39, 0.29) is 35.5 Å². The molecule has 3 rings (SSSR count). The molecule has 9 heteroatoms. The minimum absolute atomic E-state index is 0.0280. The van der Waals surface area contributed by atoms with Crippen LogP contribution in [0.25, 0.3) is 0 Å². The fraction of sp³-hybridized carbons (Fsp3) is 0.500. The van der Waals surface area contributed by atoms with Gasteiger partial charge in [0.1, 0.15) is 5.54 Å². The number of carbonyl (C=O) groups excluding carboxylic acids is 3. The first-order valence-corrected chi connectivity index (χ1v) is 10.9. The van der Waals surface area contributed by atoms with Crippen LogP contribution in [0.15, 0.2) is 29.2 Å². The van der Waals surface area contributed by atoms with Gasteiger partial charge in [-0.3, -0.25) is 14.5 Å². The number of sulfone groups is 1. The molecule has 8 nitrogen and oxygen atoms in total. The Balaban J connectivity index is 1.55. The number of nitrogens with one attached hydrogen (secondary N) is 2. The molecule has 2 fully saturated rings. The van der Waals surface area contributed by atoms with Gasteiger partial charge in [-0.15, -0.1) is 0 Å². The maximum atomic E-state index is 12.5. The highest BCUT2D eigenvalue weighted by Gasteiger charge is 2.51. The molecule has 1 aromatic rings. The van der Waals surface area contributed by atoms with Crippen molar-refractivity contribution in [2.24, 2.45) is 0 Å². The van der Waals surface area contributed by atoms with Gasteiger partial charge in [-0.25, -0.2) is 13.2 Å². The quantitative estimate of drug-likeness (QED) is 0.555. The molecule has 0 unspecified atom stereocenters. The number of nitrogens with zero attached hydrogens (tertiary/aromatic N) is 1. The van der Waals surface area contributed by atoms with E-state index in [4.69, 9.17) is 0 Å². The van der Waals surface area contributed by atoms with Gasteiger partial charge < -0.3 is 10.6 Å². The van der Waals surface area contributed by atoms with Crippen LogP contribution in [-0.4, -0.2) is 56.0 Å². The molecule has 0 bridgehead atoms. The molecule has 1 aliphatic heterocycles. The zero-order valence-corrected chi connectivity index (χ0v) is 16.0. The molecule has 1 aliphatic carbocycles. The van der Waals surface area contributed by atoms with E-state index in [1.54, 1.807) is 12.1 Å². The fourth-order valence-corrected chi connectivity index (χ4v) is 4.59. The van der Waals surface area contributed by atoms with E-state index in [1.807, 2.05) is 0 Å². The van der Waals surface area contributed by atoms with E-state index in [1.165, 1.54) is 17.0 Å². The summed E-state index contributed by atoms with van der Waals surface area (Å²) >= 11 is 0. The number of amides is 4. The summed E-state index contributed by atoms with van der Waals surface area (Å²) in [5, 5.41) is 5.47. The van der Waals surface area contributed by atoms with E-state index >= 15 is 0 Å². The fourth-order valence-electron chi connectivity index (χ4n) is 3.71. The first-order valence-electron chi connectivity index (χ1n) is 8.96. The third-order valence-corrected chi connectivity index (χ3v) is 6.23. The first kappa shape index (κ1) is 19.3. The number of urea groups is 1. The van der Waals surface area contributed by atoms with Gasteiger partial charge in [0, 0.05) is 19.3 Å². The lowest BCUT2D eigenvalue weighted by atomic mass is 9.98. The van der Waals surface area contributed by atoms with Crippen LogP contribution in [0, 0.1) is 0 Å². The van der Waals surface area contributed by atoms with Crippen molar-refractivity contribution in [1.29, 1.82) is 0 Å². The maximum Gasteiger partial charge on any atom is 0.325 e. The van der Waals surface area contributed by atoms with Crippen LogP contribution in [0.5, 0.6) is 0 Å². The third-order valence-electron chi connectivity index (χ3n) is 5.08. The van der Waals surface area contributed by atoms with Crippen molar-refractivity contribution in [2.75, 3.05) is 19.3 Å². The van der Waals surface area contributed by atoms with E-state index in [0.29, 0.717) is 19.3 Å². The van der Waals surface area contributed by atoms with Crippen molar-refractivity contribution in [3.05, 3.63) is 29.8 Å². The molecule has 0 aromatic heterocycles. The molecule has 0 atom stereocenters. The smallest absolute Gasteiger partial charge is 0.325 e. The predicted molar refractivity (Wildman–Crippen MR) is 97.9 cm³/mol. The molecule has 4 amide bonds. The average molecular weight is 393 g/mol. The Kier molecular flexibility index (Phi) is 5.23. The molecule has 2 N–H and O–H groups in total. The summed E-state index contributed by atoms with van der Waals surface area (Å²) in [5.74, 6) is -0.681. The van der Waals surface area contributed by atoms with Gasteiger partial charge in [0.15, 0.2) is 9.84 Å². The minimum atomic E-state index is -3.52. The Hall–Kier alpha value is -2.42. The average Bonchev–Trinajstić information content (AvgIpc) is 3.17. The molecular formula is C18H23N3O5S. The minimum Gasteiger partial charge on any atom is -0.352 e. The zero-order valence-electron chi connectivity index (χ0n) is 15.2. The molecule has 146 valence electrons. The van der Waals surface area contributed by atoms with Gasteiger partial charge in [-0.05, 0) is 31.4 Å². The molecular weight excluding hydrogens is 370 g/mol. The van der Waals surface area contributed by atoms with E-state index in [0.717, 1.165) is 19.1 Å². The van der Waals surface area contributed by atoms with Crippen LogP contribution in [0.4, 0.5) is 4.79 Å². The Morgan fingerprint density at radius 3 is 2.56 bits per heavy atom. The lowest BCUT2D eigenvalue weighted by Crippen LogP contribution is -2.44. The van der Waals surface area contributed by atoms with Gasteiger partial charge in [-0.2, -0.15) is 0 Å². The molecule has 2 aliphatic rings. The summed E-state index contributed by atoms with van der Waals surface area (Å²) in [7, 11) is -3.52. The number of imide groups is 1. The normalized spacial score (nSPS) is 18.8. The van der Waals surface area contributed by atoms with Crippen molar-refractivity contribution in [1.82, 2.24) is 15.5 Å². The van der Waals surface area contributed by atoms with Crippen molar-refractivity contribution in [3.8, 4) is 0 Å². The van der Waals surface area contributed by atoms with Gasteiger partial charge in [0.2, 0.25) is 0 Å². The van der Waals surface area contributed by atoms with E-state index < -0.39 is 21.3 Å². The summed E-state index contributed by atoms with van der Waals surface area (Å²) in [6.07, 6.45) is 4.64. The van der Waals surface area contributed by atoms with Crippen LogP contribution in [0.3, 0.4) is 0 Å². The van der Waals surface area contributed by atoms with Crippen molar-refractivity contribution in [3.63, 3.8) is 0 Å². The number of hydrogen-bond acceptors (Lipinski definition) is 5. The second-order valence-electron chi connectivity index (χ2n) is 7.05. The summed E-state index contributed by atoms with van der Waals surface area (Å²) in [6.45, 7) is 0.432. The highest BCUT2D eigenvalue weighted by Crippen LogP contribution is 2.34. The van der Waals surface area contributed by atoms with Crippen LogP contribution in [0.2, 0.25) is 0 Å². The topological polar surface area (TPSA) is 113 Å². The third kappa shape index (κ3) is 3.83. The zero-order chi connectivity index (χ0) is 19.7. The highest BCUT2D eigenvalue weighted by molar-refractivity contribution is 7.90. The summed E-state index contributed by atoms with van der Waals surface area (Å²) < 4.78 is 23.6. The molecule has 1 saturated heterocycles. The van der Waals surface area contributed by atoms with Crippen molar-refractivity contribution >= 4 is 27.7 Å². The monoisotopic (exact) mass is 393 g/mol. The van der Waals surface area contributed by atoms with E-state index in [9.17, 15) is 22.8 Å². The first-order chi connectivity index (χ1) is 12.7. The summed E-state index contributed by atoms with van der Waals surface area (Å²) in [5.41, 5.74) is -0.644. The Bertz CT molecular complexity index is 875. The van der Waals surface area contributed by atoms with Crippen molar-refractivity contribution < 1.29 is 22.8 Å². The maximum absolute atomic E-state index is 12.5. The van der Waals surface area contributed by atoms with Gasteiger partial charge in [0.05, 0.1) is 10.5 Å².